The summed E-state index contributed by atoms with van der Waals surface area (Å²) in [6, 6.07) is 8.89. The number of esters is 1. The van der Waals surface area contributed by atoms with Gasteiger partial charge in [0.1, 0.15) is 5.76 Å². The van der Waals surface area contributed by atoms with Gasteiger partial charge in [-0.25, -0.2) is 0 Å². The van der Waals surface area contributed by atoms with E-state index in [2.05, 4.69) is 17.4 Å². The van der Waals surface area contributed by atoms with E-state index in [0.717, 1.165) is 24.6 Å². The van der Waals surface area contributed by atoms with E-state index in [1.54, 1.807) is 25.1 Å². The van der Waals surface area contributed by atoms with Crippen LogP contribution >= 0.6 is 11.8 Å². The quantitative estimate of drug-likeness (QED) is 0.492. The molecule has 1 heterocycles. The molecule has 0 aliphatic carbocycles. The van der Waals surface area contributed by atoms with Gasteiger partial charge in [-0.15, -0.1) is 11.8 Å². The zero-order valence-corrected chi connectivity index (χ0v) is 16.1. The van der Waals surface area contributed by atoms with E-state index in [9.17, 15) is 14.4 Å². The summed E-state index contributed by atoms with van der Waals surface area (Å²) in [4.78, 5) is 35.5. The Kier molecular flexibility index (Phi) is 8.06. The number of carbonyl (C=O) groups excluding carboxylic acids is 3. The van der Waals surface area contributed by atoms with Crippen LogP contribution in [0, 0.1) is 6.92 Å². The number of ketones is 1. The number of carbonyl (C=O) groups is 3. The van der Waals surface area contributed by atoms with Crippen LogP contribution in [-0.4, -0.2) is 40.9 Å². The number of benzene rings is 1. The predicted octanol–water partition coefficient (Wildman–Crippen LogP) is 3.03. The van der Waals surface area contributed by atoms with Crippen LogP contribution in [0.1, 0.15) is 35.0 Å². The average molecular weight is 390 g/mol. The van der Waals surface area contributed by atoms with Gasteiger partial charge in [-0.3, -0.25) is 14.4 Å². The van der Waals surface area contributed by atoms with Crippen molar-refractivity contribution in [2.75, 3.05) is 23.4 Å². The molecule has 1 amide bonds. The molecule has 2 rings (SSSR count). The van der Waals surface area contributed by atoms with Crippen LogP contribution < -0.4 is 5.32 Å². The first-order valence-corrected chi connectivity index (χ1v) is 9.72. The number of nitrogens with one attached hydrogen (secondary N) is 1. The molecule has 0 fully saturated rings. The first-order valence-electron chi connectivity index (χ1n) is 8.56. The molecular formula is C19H22N2O5S. The Morgan fingerprint density at radius 1 is 1.19 bits per heavy atom. The van der Waals surface area contributed by atoms with Gasteiger partial charge in [-0.1, -0.05) is 42.8 Å². The molecule has 0 saturated carbocycles. The van der Waals surface area contributed by atoms with E-state index in [1.807, 2.05) is 12.1 Å². The van der Waals surface area contributed by atoms with Crippen LogP contribution in [0.3, 0.4) is 0 Å². The Labute approximate surface area is 161 Å². The minimum absolute atomic E-state index is 0.0199. The zero-order chi connectivity index (χ0) is 19.6. The molecule has 0 atom stereocenters. The minimum Gasteiger partial charge on any atom is -0.457 e. The van der Waals surface area contributed by atoms with E-state index in [0.29, 0.717) is 17.1 Å². The highest BCUT2D eigenvalue weighted by Crippen LogP contribution is 2.10. The maximum atomic E-state index is 12.0. The molecule has 0 saturated heterocycles. The monoisotopic (exact) mass is 390 g/mol. The molecule has 0 aliphatic heterocycles. The Morgan fingerprint density at radius 3 is 2.56 bits per heavy atom. The number of hydrogen-bond acceptors (Lipinski definition) is 7. The maximum absolute atomic E-state index is 12.0. The Balaban J connectivity index is 1.65. The van der Waals surface area contributed by atoms with Crippen LogP contribution in [0.4, 0.5) is 5.82 Å². The topological polar surface area (TPSA) is 98.5 Å². The lowest BCUT2D eigenvalue weighted by atomic mass is 10.1. The highest BCUT2D eigenvalue weighted by Gasteiger charge is 2.12. The lowest BCUT2D eigenvalue weighted by molar-refractivity contribution is -0.139. The molecule has 1 aromatic heterocycles. The molecular weight excluding hydrogens is 368 g/mol. The van der Waals surface area contributed by atoms with Crippen LogP contribution in [0.5, 0.6) is 0 Å². The summed E-state index contributed by atoms with van der Waals surface area (Å²) in [6.07, 6.45) is 2.00. The SMILES string of the molecule is CCCc1ccc(C(=O)COC(=O)CSCC(=O)Nc2cc(C)on2)cc1. The van der Waals surface area contributed by atoms with E-state index >= 15 is 0 Å². The van der Waals surface area contributed by atoms with Crippen molar-refractivity contribution >= 4 is 35.2 Å². The lowest BCUT2D eigenvalue weighted by Crippen LogP contribution is -2.18. The average Bonchev–Trinajstić information content (AvgIpc) is 3.05. The molecule has 0 radical (unpaired) electrons. The first-order chi connectivity index (χ1) is 13.0. The van der Waals surface area contributed by atoms with Crippen LogP contribution in [0.25, 0.3) is 0 Å². The van der Waals surface area contributed by atoms with E-state index in [1.165, 1.54) is 5.56 Å². The second-order valence-corrected chi connectivity index (χ2v) is 6.88. The lowest BCUT2D eigenvalue weighted by Gasteiger charge is -2.05. The van der Waals surface area contributed by atoms with Gasteiger partial charge < -0.3 is 14.6 Å². The fourth-order valence-electron chi connectivity index (χ4n) is 2.25. The van der Waals surface area contributed by atoms with E-state index in [-0.39, 0.29) is 29.8 Å². The number of ether oxygens (including phenoxy) is 1. The van der Waals surface area contributed by atoms with Crippen molar-refractivity contribution in [2.24, 2.45) is 0 Å². The van der Waals surface area contributed by atoms with Crippen LogP contribution in [-0.2, 0) is 20.7 Å². The fourth-order valence-corrected chi connectivity index (χ4v) is 2.86. The van der Waals surface area contributed by atoms with Crippen molar-refractivity contribution in [1.82, 2.24) is 5.16 Å². The van der Waals surface area contributed by atoms with Gasteiger partial charge in [0.25, 0.3) is 0 Å². The number of amides is 1. The van der Waals surface area contributed by atoms with Gasteiger partial charge in [0.05, 0.1) is 11.5 Å². The second-order valence-electron chi connectivity index (χ2n) is 5.89. The molecule has 144 valence electrons. The summed E-state index contributed by atoms with van der Waals surface area (Å²) >= 11 is 1.09. The predicted molar refractivity (Wildman–Crippen MR) is 103 cm³/mol. The van der Waals surface area contributed by atoms with Crippen molar-refractivity contribution in [3.63, 3.8) is 0 Å². The molecule has 27 heavy (non-hydrogen) atoms. The highest BCUT2D eigenvalue weighted by molar-refractivity contribution is 8.00. The third-order valence-corrected chi connectivity index (χ3v) is 4.43. The molecule has 7 nitrogen and oxygen atoms in total. The Bertz CT molecular complexity index is 786. The van der Waals surface area contributed by atoms with Crippen molar-refractivity contribution in [1.29, 1.82) is 0 Å². The summed E-state index contributed by atoms with van der Waals surface area (Å²) in [6.45, 7) is 3.50. The molecule has 1 N–H and O–H groups in total. The van der Waals surface area contributed by atoms with Gasteiger partial charge in [0.2, 0.25) is 5.91 Å². The first kappa shape index (κ1) is 20.7. The van der Waals surface area contributed by atoms with Crippen LogP contribution in [0.15, 0.2) is 34.9 Å². The summed E-state index contributed by atoms with van der Waals surface area (Å²) < 4.78 is 9.81. The standard InChI is InChI=1S/C19H22N2O5S/c1-3-4-14-5-7-15(8-6-14)16(22)10-25-19(24)12-27-11-18(23)20-17-9-13(2)26-21-17/h5-9H,3-4,10-12H2,1-2H3,(H,20,21,23). The summed E-state index contributed by atoms with van der Waals surface area (Å²) in [5.74, 6) is -0.134. The van der Waals surface area contributed by atoms with E-state index < -0.39 is 5.97 Å². The van der Waals surface area contributed by atoms with Gasteiger partial charge in [-0.2, -0.15) is 0 Å². The zero-order valence-electron chi connectivity index (χ0n) is 15.3. The molecule has 0 aliphatic rings. The highest BCUT2D eigenvalue weighted by atomic mass is 32.2. The number of aryl methyl sites for hydroxylation is 2. The third-order valence-electron chi connectivity index (χ3n) is 3.53. The second kappa shape index (κ2) is 10.5. The number of nitrogens with zero attached hydrogens (tertiary/aromatic N) is 1. The van der Waals surface area contributed by atoms with Crippen molar-refractivity contribution in [3.05, 3.63) is 47.2 Å². The smallest absolute Gasteiger partial charge is 0.316 e. The maximum Gasteiger partial charge on any atom is 0.316 e. The normalized spacial score (nSPS) is 10.4. The summed E-state index contributed by atoms with van der Waals surface area (Å²) in [5, 5.41) is 6.20. The van der Waals surface area contributed by atoms with Crippen LogP contribution in [0.2, 0.25) is 0 Å². The van der Waals surface area contributed by atoms with Gasteiger partial charge in [-0.05, 0) is 18.9 Å². The van der Waals surface area contributed by atoms with Gasteiger partial charge in [0.15, 0.2) is 18.2 Å². The van der Waals surface area contributed by atoms with Gasteiger partial charge in [0, 0.05) is 11.6 Å². The molecule has 2 aromatic rings. The molecule has 0 unspecified atom stereocenters. The number of rotatable bonds is 10. The van der Waals surface area contributed by atoms with Crippen molar-refractivity contribution in [3.8, 4) is 0 Å². The molecule has 8 heteroatoms. The van der Waals surface area contributed by atoms with Crippen molar-refractivity contribution < 1.29 is 23.6 Å². The summed E-state index contributed by atoms with van der Waals surface area (Å²) in [5.41, 5.74) is 1.68. The number of thioether (sulfide) groups is 1. The fraction of sp³-hybridized carbons (Fsp3) is 0.368. The minimum atomic E-state index is -0.541. The Morgan fingerprint density at radius 2 is 1.93 bits per heavy atom. The third kappa shape index (κ3) is 7.26. The molecule has 0 spiro atoms. The number of Topliss-reactive ketones (excluding diaryl/α,β-unsaturated/α-hetero) is 1. The van der Waals surface area contributed by atoms with E-state index in [4.69, 9.17) is 9.26 Å². The van der Waals surface area contributed by atoms with Gasteiger partial charge >= 0.3 is 5.97 Å². The summed E-state index contributed by atoms with van der Waals surface area (Å²) in [7, 11) is 0. The molecule has 1 aromatic carbocycles. The number of aromatic nitrogens is 1. The van der Waals surface area contributed by atoms with Crippen molar-refractivity contribution in [2.45, 2.75) is 26.7 Å². The largest absolute Gasteiger partial charge is 0.457 e. The Hall–Kier alpha value is -2.61. The number of anilines is 1. The molecule has 0 bridgehead atoms. The number of hydrogen-bond donors (Lipinski definition) is 1.